The SMILES string of the molecule is Cn1cnc(S(=O)(=O)N2CCC(c3cc(CCOc4cccc(Cl)c4)[nH]n3)C2)c1. The minimum atomic E-state index is -3.57. The monoisotopic (exact) mass is 435 g/mol. The molecule has 0 bridgehead atoms. The lowest BCUT2D eigenvalue weighted by molar-refractivity contribution is 0.320. The maximum Gasteiger partial charge on any atom is 0.262 e. The van der Waals surface area contributed by atoms with Crippen molar-refractivity contribution in [1.29, 1.82) is 0 Å². The van der Waals surface area contributed by atoms with Crippen LogP contribution in [0.1, 0.15) is 23.7 Å². The quantitative estimate of drug-likeness (QED) is 0.615. The zero-order valence-electron chi connectivity index (χ0n) is 16.0. The Bertz CT molecular complexity index is 1090. The number of aromatic nitrogens is 4. The van der Waals surface area contributed by atoms with Crippen molar-refractivity contribution in [2.45, 2.75) is 23.8 Å². The number of halogens is 1. The van der Waals surface area contributed by atoms with E-state index in [4.69, 9.17) is 16.3 Å². The fourth-order valence-electron chi connectivity index (χ4n) is 3.39. The normalized spacial score (nSPS) is 17.7. The Hall–Kier alpha value is -2.36. The zero-order chi connectivity index (χ0) is 20.4. The molecule has 0 aliphatic carbocycles. The second-order valence-corrected chi connectivity index (χ2v) is 9.42. The molecule has 1 atom stereocenters. The predicted molar refractivity (Wildman–Crippen MR) is 109 cm³/mol. The van der Waals surface area contributed by atoms with Gasteiger partial charge in [-0.25, -0.2) is 13.4 Å². The first-order chi connectivity index (χ1) is 13.9. The Morgan fingerprint density at radius 1 is 1.34 bits per heavy atom. The highest BCUT2D eigenvalue weighted by Crippen LogP contribution is 2.30. The molecule has 1 N–H and O–H groups in total. The van der Waals surface area contributed by atoms with Gasteiger partial charge in [-0.15, -0.1) is 0 Å². The molecule has 0 radical (unpaired) electrons. The minimum Gasteiger partial charge on any atom is -0.493 e. The van der Waals surface area contributed by atoms with Crippen LogP contribution in [0, 0.1) is 0 Å². The molecule has 1 unspecified atom stereocenters. The van der Waals surface area contributed by atoms with Gasteiger partial charge in [0.1, 0.15) is 5.75 Å². The lowest BCUT2D eigenvalue weighted by atomic mass is 10.0. The van der Waals surface area contributed by atoms with Crippen LogP contribution in [0.2, 0.25) is 5.02 Å². The van der Waals surface area contributed by atoms with E-state index in [-0.39, 0.29) is 10.9 Å². The van der Waals surface area contributed by atoms with Gasteiger partial charge in [0, 0.05) is 49.4 Å². The topological polar surface area (TPSA) is 93.1 Å². The second-order valence-electron chi connectivity index (χ2n) is 7.10. The van der Waals surface area contributed by atoms with Crippen molar-refractivity contribution in [3.63, 3.8) is 0 Å². The highest BCUT2D eigenvalue weighted by Gasteiger charge is 2.35. The number of H-pyrrole nitrogens is 1. The van der Waals surface area contributed by atoms with Crippen molar-refractivity contribution in [1.82, 2.24) is 24.1 Å². The van der Waals surface area contributed by atoms with E-state index in [1.165, 1.54) is 16.8 Å². The van der Waals surface area contributed by atoms with Crippen LogP contribution >= 0.6 is 11.6 Å². The molecule has 8 nitrogen and oxygen atoms in total. The van der Waals surface area contributed by atoms with Crippen LogP contribution in [0.3, 0.4) is 0 Å². The van der Waals surface area contributed by atoms with E-state index in [0.717, 1.165) is 23.6 Å². The summed E-state index contributed by atoms with van der Waals surface area (Å²) in [6.45, 7) is 1.36. The molecule has 29 heavy (non-hydrogen) atoms. The molecular weight excluding hydrogens is 414 g/mol. The number of benzene rings is 1. The molecule has 1 saturated heterocycles. The third-order valence-electron chi connectivity index (χ3n) is 4.94. The average Bonchev–Trinajstić information content (AvgIpc) is 3.42. The number of aryl methyl sites for hydroxylation is 1. The van der Waals surface area contributed by atoms with E-state index in [2.05, 4.69) is 15.2 Å². The number of rotatable bonds is 7. The first-order valence-corrected chi connectivity index (χ1v) is 11.1. The summed E-state index contributed by atoms with van der Waals surface area (Å²) in [6.07, 6.45) is 4.42. The molecule has 4 rings (SSSR count). The number of sulfonamides is 1. The summed E-state index contributed by atoms with van der Waals surface area (Å²) in [7, 11) is -1.82. The largest absolute Gasteiger partial charge is 0.493 e. The minimum absolute atomic E-state index is 0.0623. The van der Waals surface area contributed by atoms with Gasteiger partial charge in [0.25, 0.3) is 10.0 Å². The Morgan fingerprint density at radius 3 is 2.97 bits per heavy atom. The predicted octanol–water partition coefficient (Wildman–Crippen LogP) is 2.60. The van der Waals surface area contributed by atoms with Crippen LogP contribution in [-0.4, -0.2) is 52.2 Å². The van der Waals surface area contributed by atoms with Crippen LogP contribution in [0.15, 0.2) is 47.9 Å². The van der Waals surface area contributed by atoms with Gasteiger partial charge in [-0.2, -0.15) is 9.40 Å². The van der Waals surface area contributed by atoms with Crippen LogP contribution < -0.4 is 4.74 Å². The Balaban J connectivity index is 1.34. The number of nitrogens with zero attached hydrogens (tertiary/aromatic N) is 4. The molecule has 1 aromatic carbocycles. The Labute approximate surface area is 174 Å². The summed E-state index contributed by atoms with van der Waals surface area (Å²) in [5.74, 6) is 0.788. The third kappa shape index (κ3) is 4.47. The summed E-state index contributed by atoms with van der Waals surface area (Å²) in [5, 5.41) is 8.14. The van der Waals surface area contributed by atoms with E-state index >= 15 is 0 Å². The fraction of sp³-hybridized carbons (Fsp3) is 0.368. The standard InChI is InChI=1S/C19H22ClN5O3S/c1-24-12-19(21-13-24)29(26,27)25-7-5-14(11-25)18-10-16(22-23-18)6-8-28-17-4-2-3-15(20)9-17/h2-4,9-10,12-14H,5-8,11H2,1H3,(H,22,23). The molecule has 3 aromatic rings. The van der Waals surface area contributed by atoms with Gasteiger partial charge in [0.05, 0.1) is 18.6 Å². The maximum atomic E-state index is 12.7. The van der Waals surface area contributed by atoms with E-state index < -0.39 is 10.0 Å². The summed E-state index contributed by atoms with van der Waals surface area (Å²) in [4.78, 5) is 3.99. The van der Waals surface area contributed by atoms with Crippen molar-refractivity contribution in [3.05, 3.63) is 59.3 Å². The second kappa shape index (κ2) is 8.17. The number of aromatic amines is 1. The van der Waals surface area contributed by atoms with E-state index in [0.29, 0.717) is 31.1 Å². The summed E-state index contributed by atoms with van der Waals surface area (Å²) < 4.78 is 34.3. The van der Waals surface area contributed by atoms with Crippen molar-refractivity contribution in [2.24, 2.45) is 7.05 Å². The summed E-state index contributed by atoms with van der Waals surface area (Å²) in [6, 6.07) is 9.27. The van der Waals surface area contributed by atoms with Crippen LogP contribution in [0.4, 0.5) is 0 Å². The van der Waals surface area contributed by atoms with Crippen LogP contribution in [-0.2, 0) is 23.5 Å². The van der Waals surface area contributed by atoms with Crippen molar-refractivity contribution in [3.8, 4) is 5.75 Å². The molecule has 0 spiro atoms. The number of imidazole rings is 1. The average molecular weight is 436 g/mol. The maximum absolute atomic E-state index is 12.7. The van der Waals surface area contributed by atoms with E-state index in [1.54, 1.807) is 23.7 Å². The van der Waals surface area contributed by atoms with Gasteiger partial charge in [0.2, 0.25) is 0 Å². The number of hydrogen-bond donors (Lipinski definition) is 1. The molecule has 1 aliphatic heterocycles. The highest BCUT2D eigenvalue weighted by molar-refractivity contribution is 7.89. The number of nitrogens with one attached hydrogen (secondary N) is 1. The molecule has 10 heteroatoms. The van der Waals surface area contributed by atoms with Gasteiger partial charge in [0.15, 0.2) is 5.03 Å². The van der Waals surface area contributed by atoms with Crippen molar-refractivity contribution < 1.29 is 13.2 Å². The van der Waals surface area contributed by atoms with Crippen molar-refractivity contribution >= 4 is 21.6 Å². The van der Waals surface area contributed by atoms with Gasteiger partial charge >= 0.3 is 0 Å². The first kappa shape index (κ1) is 19.9. The van der Waals surface area contributed by atoms with Crippen LogP contribution in [0.5, 0.6) is 5.75 Å². The van der Waals surface area contributed by atoms with Gasteiger partial charge in [-0.05, 0) is 30.7 Å². The van der Waals surface area contributed by atoms with Gasteiger partial charge < -0.3 is 9.30 Å². The lowest BCUT2D eigenvalue weighted by Gasteiger charge is -2.14. The number of ether oxygens (including phenoxy) is 1. The molecule has 2 aromatic heterocycles. The summed E-state index contributed by atoms with van der Waals surface area (Å²) in [5.41, 5.74) is 1.83. The molecule has 1 fully saturated rings. The molecule has 154 valence electrons. The molecular formula is C19H22ClN5O3S. The van der Waals surface area contributed by atoms with Gasteiger partial charge in [-0.3, -0.25) is 5.10 Å². The van der Waals surface area contributed by atoms with E-state index in [1.807, 2.05) is 18.2 Å². The zero-order valence-corrected chi connectivity index (χ0v) is 17.5. The fourth-order valence-corrected chi connectivity index (χ4v) is 5.04. The van der Waals surface area contributed by atoms with Crippen LogP contribution in [0.25, 0.3) is 0 Å². The molecule has 0 saturated carbocycles. The smallest absolute Gasteiger partial charge is 0.262 e. The molecule has 0 amide bonds. The van der Waals surface area contributed by atoms with Crippen molar-refractivity contribution in [2.75, 3.05) is 19.7 Å². The molecule has 3 heterocycles. The highest BCUT2D eigenvalue weighted by atomic mass is 35.5. The summed E-state index contributed by atoms with van der Waals surface area (Å²) >= 11 is 5.95. The lowest BCUT2D eigenvalue weighted by Crippen LogP contribution is -2.29. The van der Waals surface area contributed by atoms with Gasteiger partial charge in [-0.1, -0.05) is 17.7 Å². The molecule has 1 aliphatic rings. The van der Waals surface area contributed by atoms with E-state index in [9.17, 15) is 8.42 Å². The Kier molecular flexibility index (Phi) is 5.62. The first-order valence-electron chi connectivity index (χ1n) is 9.32. The number of hydrogen-bond acceptors (Lipinski definition) is 5. The Morgan fingerprint density at radius 2 is 2.21 bits per heavy atom. The third-order valence-corrected chi connectivity index (χ3v) is 6.93.